The number of nitrogens with one attached hydrogen (secondary N) is 1. The number of aryl methyl sites for hydroxylation is 1. The molecule has 0 bridgehead atoms. The number of amides is 1. The van der Waals surface area contributed by atoms with Crippen molar-refractivity contribution in [3.8, 4) is 0 Å². The van der Waals surface area contributed by atoms with Gasteiger partial charge in [-0.2, -0.15) is 18.3 Å². The number of aromatic nitrogens is 2. The van der Waals surface area contributed by atoms with Gasteiger partial charge in [0.15, 0.2) is 5.69 Å². The van der Waals surface area contributed by atoms with Gasteiger partial charge in [-0.15, -0.1) is 0 Å². The van der Waals surface area contributed by atoms with Crippen molar-refractivity contribution in [3.05, 3.63) is 17.5 Å². The molecular weight excluding hydrogens is 333 g/mol. The highest BCUT2D eigenvalue weighted by molar-refractivity contribution is 5.75. The van der Waals surface area contributed by atoms with Crippen molar-refractivity contribution in [1.82, 2.24) is 20.0 Å². The van der Waals surface area contributed by atoms with Gasteiger partial charge in [0.1, 0.15) is 0 Å². The van der Waals surface area contributed by atoms with Gasteiger partial charge in [-0.25, -0.2) is 0 Å². The van der Waals surface area contributed by atoms with Crippen molar-refractivity contribution >= 4 is 5.91 Å². The van der Waals surface area contributed by atoms with Crippen molar-refractivity contribution in [1.29, 1.82) is 0 Å². The monoisotopic (exact) mass is 360 g/mol. The summed E-state index contributed by atoms with van der Waals surface area (Å²) < 4.78 is 39.9. The van der Waals surface area contributed by atoms with E-state index in [4.69, 9.17) is 0 Å². The number of rotatable bonds is 10. The van der Waals surface area contributed by atoms with Crippen LogP contribution >= 0.6 is 0 Å². The second-order valence-corrected chi connectivity index (χ2v) is 6.43. The molecule has 0 spiro atoms. The summed E-state index contributed by atoms with van der Waals surface area (Å²) in [7, 11) is 0. The maximum atomic E-state index is 12.8. The van der Waals surface area contributed by atoms with E-state index in [2.05, 4.69) is 29.2 Å². The number of nitrogens with zero attached hydrogens (tertiary/aromatic N) is 3. The SMILES string of the molecule is CCN(CC)CCCNC(=O)CCn1nc(C(F)(F)F)cc1C1CC1. The van der Waals surface area contributed by atoms with E-state index < -0.39 is 11.9 Å². The third kappa shape index (κ3) is 6.02. The minimum absolute atomic E-state index is 0.143. The van der Waals surface area contributed by atoms with E-state index >= 15 is 0 Å². The third-order valence-electron chi connectivity index (χ3n) is 4.52. The first kappa shape index (κ1) is 19.8. The molecule has 0 aliphatic heterocycles. The predicted octanol–water partition coefficient (Wildman–Crippen LogP) is 3.02. The standard InChI is InChI=1S/C17H27F3N4O/c1-3-23(4-2)10-5-9-21-16(25)8-11-24-14(13-6-7-13)12-15(22-24)17(18,19)20/h12-13H,3-11H2,1-2H3,(H,21,25). The summed E-state index contributed by atoms with van der Waals surface area (Å²) in [5.74, 6) is 0.00563. The molecule has 1 aromatic heterocycles. The summed E-state index contributed by atoms with van der Waals surface area (Å²) in [6.45, 7) is 7.84. The van der Waals surface area contributed by atoms with Gasteiger partial charge in [-0.1, -0.05) is 13.8 Å². The molecule has 1 saturated carbocycles. The zero-order valence-electron chi connectivity index (χ0n) is 14.9. The Morgan fingerprint density at radius 1 is 1.36 bits per heavy atom. The lowest BCUT2D eigenvalue weighted by molar-refractivity contribution is -0.141. The first-order valence-corrected chi connectivity index (χ1v) is 8.99. The molecule has 1 aromatic rings. The molecule has 0 unspecified atom stereocenters. The van der Waals surface area contributed by atoms with Gasteiger partial charge in [0.2, 0.25) is 5.91 Å². The molecule has 1 amide bonds. The van der Waals surface area contributed by atoms with Gasteiger partial charge in [-0.05, 0) is 45.0 Å². The van der Waals surface area contributed by atoms with Crippen molar-refractivity contribution in [2.45, 2.75) is 58.2 Å². The van der Waals surface area contributed by atoms with Crippen LogP contribution in [0.15, 0.2) is 6.07 Å². The van der Waals surface area contributed by atoms with Crippen LogP contribution in [0.25, 0.3) is 0 Å². The first-order chi connectivity index (χ1) is 11.8. The van der Waals surface area contributed by atoms with Crippen LogP contribution in [0.5, 0.6) is 0 Å². The molecule has 142 valence electrons. The topological polar surface area (TPSA) is 50.2 Å². The summed E-state index contributed by atoms with van der Waals surface area (Å²) in [6.07, 6.45) is -1.66. The maximum Gasteiger partial charge on any atom is 0.435 e. The van der Waals surface area contributed by atoms with Gasteiger partial charge in [0.05, 0.1) is 0 Å². The highest BCUT2D eigenvalue weighted by Gasteiger charge is 2.37. The van der Waals surface area contributed by atoms with Crippen LogP contribution < -0.4 is 5.32 Å². The van der Waals surface area contributed by atoms with Gasteiger partial charge in [0.25, 0.3) is 0 Å². The Hall–Kier alpha value is -1.57. The molecule has 1 aliphatic rings. The normalized spacial score (nSPS) is 15.0. The molecule has 8 heteroatoms. The quantitative estimate of drug-likeness (QED) is 0.653. The zero-order valence-corrected chi connectivity index (χ0v) is 14.9. The minimum Gasteiger partial charge on any atom is -0.356 e. The Kier molecular flexibility index (Phi) is 6.87. The largest absolute Gasteiger partial charge is 0.435 e. The number of alkyl halides is 3. The Morgan fingerprint density at radius 3 is 2.60 bits per heavy atom. The lowest BCUT2D eigenvalue weighted by Gasteiger charge is -2.17. The second kappa shape index (κ2) is 8.69. The molecule has 2 rings (SSSR count). The fourth-order valence-electron chi connectivity index (χ4n) is 2.82. The first-order valence-electron chi connectivity index (χ1n) is 8.99. The van der Waals surface area contributed by atoms with Crippen LogP contribution in [0.3, 0.4) is 0 Å². The molecule has 0 atom stereocenters. The van der Waals surface area contributed by atoms with Crippen molar-refractivity contribution in [2.24, 2.45) is 0 Å². The number of hydrogen-bond acceptors (Lipinski definition) is 3. The zero-order chi connectivity index (χ0) is 18.4. The van der Waals surface area contributed by atoms with E-state index in [9.17, 15) is 18.0 Å². The number of halogens is 3. The molecule has 5 nitrogen and oxygen atoms in total. The van der Waals surface area contributed by atoms with Gasteiger partial charge < -0.3 is 10.2 Å². The van der Waals surface area contributed by atoms with E-state index in [-0.39, 0.29) is 24.8 Å². The molecule has 1 heterocycles. The summed E-state index contributed by atoms with van der Waals surface area (Å²) in [6, 6.07) is 1.12. The van der Waals surface area contributed by atoms with Crippen LogP contribution in [0.1, 0.15) is 56.8 Å². The Balaban J connectivity index is 1.78. The maximum absolute atomic E-state index is 12.8. The Labute approximate surface area is 146 Å². The highest BCUT2D eigenvalue weighted by atomic mass is 19.4. The van der Waals surface area contributed by atoms with Crippen molar-refractivity contribution in [2.75, 3.05) is 26.2 Å². The molecule has 1 N–H and O–H groups in total. The molecule has 1 aliphatic carbocycles. The minimum atomic E-state index is -4.44. The van der Waals surface area contributed by atoms with E-state index in [0.29, 0.717) is 12.2 Å². The summed E-state index contributed by atoms with van der Waals surface area (Å²) in [5, 5.41) is 6.49. The highest BCUT2D eigenvalue weighted by Crippen LogP contribution is 2.42. The molecular formula is C17H27F3N4O. The van der Waals surface area contributed by atoms with Crippen LogP contribution in [-0.4, -0.2) is 46.8 Å². The van der Waals surface area contributed by atoms with E-state index in [1.807, 2.05) is 0 Å². The fraction of sp³-hybridized carbons (Fsp3) is 0.765. The smallest absolute Gasteiger partial charge is 0.356 e. The van der Waals surface area contributed by atoms with Crippen molar-refractivity contribution < 1.29 is 18.0 Å². The van der Waals surface area contributed by atoms with Crippen LogP contribution in [0.4, 0.5) is 13.2 Å². The number of carbonyl (C=O) groups is 1. The van der Waals surface area contributed by atoms with Crippen LogP contribution in [0, 0.1) is 0 Å². The second-order valence-electron chi connectivity index (χ2n) is 6.43. The Bertz CT molecular complexity index is 563. The lowest BCUT2D eigenvalue weighted by Crippen LogP contribution is -2.30. The third-order valence-corrected chi connectivity index (χ3v) is 4.52. The summed E-state index contributed by atoms with van der Waals surface area (Å²) in [4.78, 5) is 14.2. The average molecular weight is 360 g/mol. The number of carbonyl (C=O) groups excluding carboxylic acids is 1. The van der Waals surface area contributed by atoms with E-state index in [1.54, 1.807) is 0 Å². The summed E-state index contributed by atoms with van der Waals surface area (Å²) in [5.41, 5.74) is -0.268. The molecule has 0 radical (unpaired) electrons. The van der Waals surface area contributed by atoms with Gasteiger partial charge >= 0.3 is 6.18 Å². The van der Waals surface area contributed by atoms with Crippen molar-refractivity contribution in [3.63, 3.8) is 0 Å². The molecule has 0 saturated heterocycles. The fourth-order valence-corrected chi connectivity index (χ4v) is 2.82. The Morgan fingerprint density at radius 2 is 2.04 bits per heavy atom. The van der Waals surface area contributed by atoms with Crippen LogP contribution in [0.2, 0.25) is 0 Å². The number of hydrogen-bond donors (Lipinski definition) is 1. The van der Waals surface area contributed by atoms with Gasteiger partial charge in [0, 0.05) is 31.1 Å². The molecule has 0 aromatic carbocycles. The van der Waals surface area contributed by atoms with E-state index in [1.165, 1.54) is 4.68 Å². The molecule has 25 heavy (non-hydrogen) atoms. The summed E-state index contributed by atoms with van der Waals surface area (Å²) >= 11 is 0. The van der Waals surface area contributed by atoms with Crippen LogP contribution in [-0.2, 0) is 17.5 Å². The molecule has 1 fully saturated rings. The predicted molar refractivity (Wildman–Crippen MR) is 89.2 cm³/mol. The lowest BCUT2D eigenvalue weighted by atomic mass is 10.2. The van der Waals surface area contributed by atoms with E-state index in [0.717, 1.165) is 45.0 Å². The van der Waals surface area contributed by atoms with Gasteiger partial charge in [-0.3, -0.25) is 9.48 Å². The average Bonchev–Trinajstić information content (AvgIpc) is 3.31.